The monoisotopic (exact) mass is 338 g/mol. The number of amides is 2. The summed E-state index contributed by atoms with van der Waals surface area (Å²) in [7, 11) is 0. The lowest BCUT2D eigenvalue weighted by Crippen LogP contribution is -2.44. The summed E-state index contributed by atoms with van der Waals surface area (Å²) in [5.74, 6) is -2.89. The van der Waals surface area contributed by atoms with Gasteiger partial charge in [0.1, 0.15) is 18.6 Å². The molecule has 1 atom stereocenters. The zero-order chi connectivity index (χ0) is 18.1. The maximum Gasteiger partial charge on any atom is 0.336 e. The number of nitrogens with zero attached hydrogens (tertiary/aromatic N) is 1. The molecule has 0 spiro atoms. The molecule has 1 aromatic carbocycles. The average Bonchev–Trinajstić information content (AvgIpc) is 2.56. The van der Waals surface area contributed by atoms with Crippen LogP contribution in [0.1, 0.15) is 33.6 Å². The Morgan fingerprint density at radius 2 is 1.83 bits per heavy atom. The average molecular weight is 338 g/mol. The number of amidine groups is 1. The minimum Gasteiger partial charge on any atom is -0.478 e. The summed E-state index contributed by atoms with van der Waals surface area (Å²) in [5, 5.41) is 11.5. The molecule has 0 aliphatic heterocycles. The summed E-state index contributed by atoms with van der Waals surface area (Å²) in [6.45, 7) is -0.678. The number of primary amides is 1. The van der Waals surface area contributed by atoms with Crippen LogP contribution in [0.4, 0.5) is 4.39 Å². The fourth-order valence-corrected chi connectivity index (χ4v) is 1.95. The molecule has 0 aromatic heterocycles. The van der Waals surface area contributed by atoms with E-state index < -0.39 is 30.5 Å². The summed E-state index contributed by atoms with van der Waals surface area (Å²) >= 11 is 0. The van der Waals surface area contributed by atoms with Gasteiger partial charge in [0.25, 0.3) is 5.91 Å². The van der Waals surface area contributed by atoms with E-state index in [9.17, 15) is 18.8 Å². The van der Waals surface area contributed by atoms with Gasteiger partial charge in [0.15, 0.2) is 0 Å². The van der Waals surface area contributed by atoms with E-state index in [4.69, 9.17) is 16.6 Å². The van der Waals surface area contributed by atoms with Crippen molar-refractivity contribution in [1.82, 2.24) is 5.32 Å². The van der Waals surface area contributed by atoms with Crippen molar-refractivity contribution in [3.05, 3.63) is 35.4 Å². The van der Waals surface area contributed by atoms with Gasteiger partial charge in [-0.3, -0.25) is 14.6 Å². The van der Waals surface area contributed by atoms with Crippen molar-refractivity contribution < 1.29 is 23.9 Å². The van der Waals surface area contributed by atoms with Crippen LogP contribution >= 0.6 is 0 Å². The highest BCUT2D eigenvalue weighted by atomic mass is 19.1. The van der Waals surface area contributed by atoms with Gasteiger partial charge in [-0.25, -0.2) is 9.18 Å². The Kier molecular flexibility index (Phi) is 7.34. The molecular formula is C15H19FN4O4. The molecule has 8 nitrogen and oxygen atoms in total. The number of nitrogens with two attached hydrogens (primary N) is 2. The third kappa shape index (κ3) is 5.67. The largest absolute Gasteiger partial charge is 0.478 e. The van der Waals surface area contributed by atoms with Gasteiger partial charge in [-0.2, -0.15) is 0 Å². The molecule has 0 fully saturated rings. The third-order valence-corrected chi connectivity index (χ3v) is 3.15. The molecule has 0 saturated heterocycles. The number of benzene rings is 1. The second-order valence-corrected chi connectivity index (χ2v) is 4.93. The lowest BCUT2D eigenvalue weighted by molar-refractivity contribution is -0.120. The first-order chi connectivity index (χ1) is 11.4. The van der Waals surface area contributed by atoms with Gasteiger partial charge >= 0.3 is 5.97 Å². The molecule has 0 saturated carbocycles. The van der Waals surface area contributed by atoms with Crippen LogP contribution in [0.15, 0.2) is 29.3 Å². The van der Waals surface area contributed by atoms with Crippen molar-refractivity contribution >= 4 is 23.6 Å². The van der Waals surface area contributed by atoms with Gasteiger partial charge in [0.05, 0.1) is 11.1 Å². The molecule has 1 rings (SSSR count). The van der Waals surface area contributed by atoms with Gasteiger partial charge in [-0.15, -0.1) is 0 Å². The number of alkyl halides is 1. The van der Waals surface area contributed by atoms with Crippen LogP contribution in [-0.2, 0) is 4.79 Å². The molecule has 2 amide bonds. The van der Waals surface area contributed by atoms with Crippen LogP contribution < -0.4 is 16.8 Å². The molecular weight excluding hydrogens is 319 g/mol. The minimum absolute atomic E-state index is 0.0732. The summed E-state index contributed by atoms with van der Waals surface area (Å²) in [4.78, 5) is 38.5. The standard InChI is InChI=1S/C15H19FN4O4/c16-8-12(17)19-7-3-6-11(13(18)21)20-14(22)9-4-1-2-5-10(9)15(23)24/h1-2,4-5,11H,3,6-8H2,(H2,17,19)(H2,18,21)(H,20,22)(H,23,24)/t11-/m1/s1. The van der Waals surface area contributed by atoms with Gasteiger partial charge < -0.3 is 21.9 Å². The van der Waals surface area contributed by atoms with E-state index >= 15 is 0 Å². The molecule has 0 aliphatic carbocycles. The molecule has 6 N–H and O–H groups in total. The number of hydrogen-bond donors (Lipinski definition) is 4. The third-order valence-electron chi connectivity index (χ3n) is 3.15. The predicted octanol–water partition coefficient (Wildman–Crippen LogP) is 0.0754. The SMILES string of the molecule is NC(=O)[C@@H](CCCN=C(N)CF)NC(=O)c1ccccc1C(=O)O. The minimum atomic E-state index is -1.26. The van der Waals surface area contributed by atoms with Gasteiger partial charge in [0, 0.05) is 6.54 Å². The number of carbonyl (C=O) groups excluding carboxylic acids is 2. The topological polar surface area (TPSA) is 148 Å². The number of aromatic carboxylic acids is 1. The van der Waals surface area contributed by atoms with Gasteiger partial charge in [-0.05, 0) is 25.0 Å². The van der Waals surface area contributed by atoms with E-state index in [-0.39, 0.29) is 29.9 Å². The van der Waals surface area contributed by atoms with E-state index in [1.807, 2.05) is 0 Å². The lowest BCUT2D eigenvalue weighted by atomic mass is 10.1. The normalized spacial score (nSPS) is 12.5. The van der Waals surface area contributed by atoms with Crippen molar-refractivity contribution in [2.24, 2.45) is 16.5 Å². The van der Waals surface area contributed by atoms with E-state index in [0.717, 1.165) is 0 Å². The Morgan fingerprint density at radius 3 is 2.38 bits per heavy atom. The molecule has 9 heteroatoms. The van der Waals surface area contributed by atoms with Crippen molar-refractivity contribution in [3.63, 3.8) is 0 Å². The summed E-state index contributed by atoms with van der Waals surface area (Å²) < 4.78 is 12.1. The van der Waals surface area contributed by atoms with E-state index in [1.54, 1.807) is 0 Å². The Hall–Kier alpha value is -2.97. The van der Waals surface area contributed by atoms with Crippen LogP contribution in [0.2, 0.25) is 0 Å². The number of carboxylic acids is 1. The summed E-state index contributed by atoms with van der Waals surface area (Å²) in [6.07, 6.45) is 0.508. The Labute approximate surface area is 137 Å². The molecule has 0 bridgehead atoms. The Morgan fingerprint density at radius 1 is 1.21 bits per heavy atom. The second kappa shape index (κ2) is 9.23. The second-order valence-electron chi connectivity index (χ2n) is 4.93. The maximum absolute atomic E-state index is 12.2. The van der Waals surface area contributed by atoms with E-state index in [2.05, 4.69) is 10.3 Å². The number of aliphatic imine (C=N–C) groups is 1. The highest BCUT2D eigenvalue weighted by molar-refractivity contribution is 6.05. The van der Waals surface area contributed by atoms with E-state index in [1.165, 1.54) is 24.3 Å². The molecule has 1 aromatic rings. The van der Waals surface area contributed by atoms with Crippen molar-refractivity contribution in [3.8, 4) is 0 Å². The Bertz CT molecular complexity index is 648. The zero-order valence-corrected chi connectivity index (χ0v) is 12.9. The first kappa shape index (κ1) is 19.1. The summed E-state index contributed by atoms with van der Waals surface area (Å²) in [5.41, 5.74) is 10.2. The maximum atomic E-state index is 12.2. The van der Waals surface area contributed by atoms with Crippen molar-refractivity contribution in [1.29, 1.82) is 0 Å². The highest BCUT2D eigenvalue weighted by Crippen LogP contribution is 2.10. The summed E-state index contributed by atoms with van der Waals surface area (Å²) in [6, 6.07) is 4.61. The molecule has 24 heavy (non-hydrogen) atoms. The molecule has 0 radical (unpaired) electrons. The molecule has 130 valence electrons. The smallest absolute Gasteiger partial charge is 0.336 e. The van der Waals surface area contributed by atoms with Crippen LogP contribution in [0, 0.1) is 0 Å². The molecule has 0 unspecified atom stereocenters. The number of nitrogens with one attached hydrogen (secondary N) is 1. The van der Waals surface area contributed by atoms with Crippen molar-refractivity contribution in [2.75, 3.05) is 13.2 Å². The fourth-order valence-electron chi connectivity index (χ4n) is 1.95. The first-order valence-electron chi connectivity index (χ1n) is 7.14. The zero-order valence-electron chi connectivity index (χ0n) is 12.9. The van der Waals surface area contributed by atoms with Gasteiger partial charge in [-0.1, -0.05) is 12.1 Å². The van der Waals surface area contributed by atoms with Gasteiger partial charge in [0.2, 0.25) is 5.91 Å². The molecule has 0 heterocycles. The van der Waals surface area contributed by atoms with Crippen LogP contribution in [0.3, 0.4) is 0 Å². The number of halogens is 1. The Balaban J connectivity index is 2.74. The number of carboxylic acid groups (broad SMARTS) is 1. The number of carbonyl (C=O) groups is 3. The first-order valence-corrected chi connectivity index (χ1v) is 7.14. The number of rotatable bonds is 9. The predicted molar refractivity (Wildman–Crippen MR) is 85.5 cm³/mol. The fraction of sp³-hybridized carbons (Fsp3) is 0.333. The molecule has 0 aliphatic rings. The quantitative estimate of drug-likeness (QED) is 0.286. The van der Waals surface area contributed by atoms with Crippen LogP contribution in [0.25, 0.3) is 0 Å². The number of hydrogen-bond acceptors (Lipinski definition) is 4. The van der Waals surface area contributed by atoms with Crippen molar-refractivity contribution in [2.45, 2.75) is 18.9 Å². The highest BCUT2D eigenvalue weighted by Gasteiger charge is 2.21. The van der Waals surface area contributed by atoms with Crippen LogP contribution in [0.5, 0.6) is 0 Å². The van der Waals surface area contributed by atoms with E-state index in [0.29, 0.717) is 6.42 Å². The lowest BCUT2D eigenvalue weighted by Gasteiger charge is -2.15. The van der Waals surface area contributed by atoms with Crippen LogP contribution in [-0.4, -0.2) is 48.0 Å².